The van der Waals surface area contributed by atoms with Gasteiger partial charge in [0, 0.05) is 29.1 Å². The van der Waals surface area contributed by atoms with Crippen LogP contribution in [0.15, 0.2) is 84.5 Å². The molecule has 1 aromatic carbocycles. The Hall–Kier alpha value is -3.47. The largest absolute Gasteiger partial charge is 0.339 e. The third-order valence-electron chi connectivity index (χ3n) is 3.99. The Morgan fingerprint density at radius 1 is 0.760 bits per heavy atom. The average molecular weight is 331 g/mol. The predicted molar refractivity (Wildman–Crippen MR) is 94.0 cm³/mol. The topological polar surface area (TPSA) is 54.0 Å². The molecule has 0 fully saturated rings. The van der Waals surface area contributed by atoms with Gasteiger partial charge < -0.3 is 10.6 Å². The van der Waals surface area contributed by atoms with Crippen molar-refractivity contribution in [1.82, 2.24) is 15.6 Å². The molecule has 0 radical (unpaired) electrons. The van der Waals surface area contributed by atoms with Crippen molar-refractivity contribution in [3.05, 3.63) is 101 Å². The van der Waals surface area contributed by atoms with E-state index in [0.717, 1.165) is 33.9 Å². The highest BCUT2D eigenvalue weighted by Crippen LogP contribution is 2.30. The van der Waals surface area contributed by atoms with Crippen LogP contribution in [0.2, 0.25) is 0 Å². The smallest absolute Gasteiger partial charge is 0.178 e. The van der Waals surface area contributed by atoms with Crippen molar-refractivity contribution in [2.75, 3.05) is 0 Å². The lowest BCUT2D eigenvalue weighted by atomic mass is 10.1. The third-order valence-corrected chi connectivity index (χ3v) is 3.99. The molecule has 4 nitrogen and oxygen atoms in total. The second kappa shape index (κ2) is 6.20. The van der Waals surface area contributed by atoms with Crippen molar-refractivity contribution in [2.45, 2.75) is 0 Å². The number of nitrogens with one attached hydrogen (secondary N) is 2. The SMILES string of the molecule is O=C1C=CC(=C2NC(c3ccncc3)=C(c3ccc(F)cc3)N2)C=C1. The first-order chi connectivity index (χ1) is 12.2. The number of aromatic nitrogens is 1. The summed E-state index contributed by atoms with van der Waals surface area (Å²) in [5, 5.41) is 6.72. The molecule has 1 aliphatic carbocycles. The van der Waals surface area contributed by atoms with Crippen molar-refractivity contribution >= 4 is 17.2 Å². The Morgan fingerprint density at radius 3 is 1.92 bits per heavy atom. The molecule has 5 heteroatoms. The van der Waals surface area contributed by atoms with E-state index in [2.05, 4.69) is 15.6 Å². The molecule has 2 aliphatic rings. The fraction of sp³-hybridized carbons (Fsp3) is 0. The number of rotatable bonds is 2. The Labute approximate surface area is 144 Å². The minimum Gasteiger partial charge on any atom is -0.339 e. The number of pyridine rings is 1. The van der Waals surface area contributed by atoms with Crippen molar-refractivity contribution in [2.24, 2.45) is 0 Å². The zero-order valence-corrected chi connectivity index (χ0v) is 13.2. The maximum absolute atomic E-state index is 13.3. The number of ketones is 1. The van der Waals surface area contributed by atoms with Crippen LogP contribution in [0.3, 0.4) is 0 Å². The summed E-state index contributed by atoms with van der Waals surface area (Å²) in [7, 11) is 0. The van der Waals surface area contributed by atoms with Gasteiger partial charge in [-0.1, -0.05) is 0 Å². The molecular weight excluding hydrogens is 317 g/mol. The summed E-state index contributed by atoms with van der Waals surface area (Å²) in [5.41, 5.74) is 4.39. The van der Waals surface area contributed by atoms with E-state index in [1.165, 1.54) is 24.3 Å². The van der Waals surface area contributed by atoms with Gasteiger partial charge in [-0.2, -0.15) is 0 Å². The van der Waals surface area contributed by atoms with Gasteiger partial charge in [0.15, 0.2) is 5.78 Å². The minimum atomic E-state index is -0.281. The summed E-state index contributed by atoms with van der Waals surface area (Å²) in [5.74, 6) is 0.450. The third kappa shape index (κ3) is 2.99. The lowest BCUT2D eigenvalue weighted by molar-refractivity contribution is -0.110. The van der Waals surface area contributed by atoms with Crippen molar-refractivity contribution in [3.63, 3.8) is 0 Å². The van der Waals surface area contributed by atoms with Gasteiger partial charge in [-0.05, 0) is 60.7 Å². The van der Waals surface area contributed by atoms with E-state index in [4.69, 9.17) is 0 Å². The van der Waals surface area contributed by atoms with Crippen molar-refractivity contribution in [3.8, 4) is 0 Å². The van der Waals surface area contributed by atoms with E-state index in [-0.39, 0.29) is 11.6 Å². The molecule has 0 saturated heterocycles. The number of hydrogen-bond acceptors (Lipinski definition) is 4. The number of allylic oxidation sites excluding steroid dienone is 5. The van der Waals surface area contributed by atoms with E-state index >= 15 is 0 Å². The monoisotopic (exact) mass is 331 g/mol. The number of halogens is 1. The Morgan fingerprint density at radius 2 is 1.32 bits per heavy atom. The molecule has 0 bridgehead atoms. The molecule has 1 aliphatic heterocycles. The normalized spacial score (nSPS) is 16.3. The summed E-state index contributed by atoms with van der Waals surface area (Å²) >= 11 is 0. The van der Waals surface area contributed by atoms with Gasteiger partial charge in [0.2, 0.25) is 0 Å². The summed E-state index contributed by atoms with van der Waals surface area (Å²) in [6.45, 7) is 0. The van der Waals surface area contributed by atoms with Gasteiger partial charge in [0.1, 0.15) is 11.6 Å². The number of carbonyl (C=O) groups is 1. The molecule has 2 heterocycles. The first-order valence-corrected chi connectivity index (χ1v) is 7.80. The number of carbonyl (C=O) groups excluding carboxylic acids is 1. The van der Waals surface area contributed by atoms with Gasteiger partial charge in [-0.25, -0.2) is 4.39 Å². The highest BCUT2D eigenvalue weighted by molar-refractivity contribution is 6.01. The molecule has 2 aromatic rings. The number of benzene rings is 1. The van der Waals surface area contributed by atoms with Crippen LogP contribution in [0.4, 0.5) is 4.39 Å². The van der Waals surface area contributed by atoms with Crippen LogP contribution in [0, 0.1) is 5.82 Å². The van der Waals surface area contributed by atoms with Crippen LogP contribution >= 0.6 is 0 Å². The van der Waals surface area contributed by atoms with Gasteiger partial charge in [0.05, 0.1) is 11.4 Å². The summed E-state index contributed by atoms with van der Waals surface area (Å²) < 4.78 is 13.3. The zero-order chi connectivity index (χ0) is 17.2. The van der Waals surface area contributed by atoms with Crippen LogP contribution in [-0.4, -0.2) is 10.8 Å². The average Bonchev–Trinajstić information content (AvgIpc) is 3.09. The second-order valence-corrected chi connectivity index (χ2v) is 5.64. The molecular formula is C20H14FN3O. The lowest BCUT2D eigenvalue weighted by Crippen LogP contribution is -2.16. The predicted octanol–water partition coefficient (Wildman–Crippen LogP) is 3.15. The molecule has 0 saturated carbocycles. The standard InChI is InChI=1S/C20H14FN3O/c21-16-5-1-13(2-6-16)18-19(14-9-11-22-12-10-14)24-20(23-18)15-3-7-17(25)8-4-15/h1-12,23-24H. The van der Waals surface area contributed by atoms with E-state index in [9.17, 15) is 9.18 Å². The molecule has 0 amide bonds. The van der Waals surface area contributed by atoms with Crippen LogP contribution in [0.5, 0.6) is 0 Å². The highest BCUT2D eigenvalue weighted by Gasteiger charge is 2.22. The van der Waals surface area contributed by atoms with Crippen LogP contribution in [0.25, 0.3) is 11.4 Å². The zero-order valence-electron chi connectivity index (χ0n) is 13.2. The molecule has 25 heavy (non-hydrogen) atoms. The molecule has 122 valence electrons. The fourth-order valence-electron chi connectivity index (χ4n) is 2.74. The molecule has 4 rings (SSSR count). The molecule has 0 unspecified atom stereocenters. The summed E-state index contributed by atoms with van der Waals surface area (Å²) in [4.78, 5) is 15.4. The van der Waals surface area contributed by atoms with E-state index < -0.39 is 0 Å². The van der Waals surface area contributed by atoms with Crippen molar-refractivity contribution < 1.29 is 9.18 Å². The van der Waals surface area contributed by atoms with E-state index in [1.807, 2.05) is 12.1 Å². The maximum Gasteiger partial charge on any atom is 0.178 e. The molecule has 2 N–H and O–H groups in total. The first kappa shape index (κ1) is 15.1. The second-order valence-electron chi connectivity index (χ2n) is 5.64. The Bertz CT molecular complexity index is 936. The van der Waals surface area contributed by atoms with E-state index in [1.54, 1.807) is 36.7 Å². The van der Waals surface area contributed by atoms with Crippen LogP contribution < -0.4 is 10.6 Å². The van der Waals surface area contributed by atoms with Gasteiger partial charge in [-0.15, -0.1) is 0 Å². The number of nitrogens with zero attached hydrogens (tertiary/aromatic N) is 1. The Kier molecular flexibility index (Phi) is 3.74. The maximum atomic E-state index is 13.3. The van der Waals surface area contributed by atoms with Crippen LogP contribution in [-0.2, 0) is 4.79 Å². The molecule has 0 atom stereocenters. The first-order valence-electron chi connectivity index (χ1n) is 7.80. The molecule has 0 spiro atoms. The van der Waals surface area contributed by atoms with E-state index in [0.29, 0.717) is 0 Å². The summed E-state index contributed by atoms with van der Waals surface area (Å²) in [6, 6.07) is 10.1. The van der Waals surface area contributed by atoms with Gasteiger partial charge in [0.25, 0.3) is 0 Å². The van der Waals surface area contributed by atoms with Gasteiger partial charge >= 0.3 is 0 Å². The van der Waals surface area contributed by atoms with Gasteiger partial charge in [-0.3, -0.25) is 9.78 Å². The minimum absolute atomic E-state index is 0.0385. The van der Waals surface area contributed by atoms with Crippen LogP contribution in [0.1, 0.15) is 11.1 Å². The lowest BCUT2D eigenvalue weighted by Gasteiger charge is -2.08. The molecule has 1 aromatic heterocycles. The highest BCUT2D eigenvalue weighted by atomic mass is 19.1. The number of hydrogen-bond donors (Lipinski definition) is 2. The van der Waals surface area contributed by atoms with Crippen molar-refractivity contribution in [1.29, 1.82) is 0 Å². The quantitative estimate of drug-likeness (QED) is 0.888. The summed E-state index contributed by atoms with van der Waals surface area (Å²) in [6.07, 6.45) is 10.00. The Balaban J connectivity index is 1.79. The fourth-order valence-corrected chi connectivity index (χ4v) is 2.74.